The summed E-state index contributed by atoms with van der Waals surface area (Å²) in [6.45, 7) is 3.54. The molecule has 0 N–H and O–H groups in total. The molecule has 0 spiro atoms. The molecule has 3 rings (SSSR count). The van der Waals surface area contributed by atoms with Gasteiger partial charge in [0.15, 0.2) is 5.69 Å². The largest absolute Gasteiger partial charge is 0.337 e. The molecule has 1 aliphatic heterocycles. The molecule has 0 saturated carbocycles. The third kappa shape index (κ3) is 2.44. The summed E-state index contributed by atoms with van der Waals surface area (Å²) in [4.78, 5) is 26.9. The first-order valence-electron chi connectivity index (χ1n) is 7.33. The minimum absolute atomic E-state index is 0.0327. The van der Waals surface area contributed by atoms with E-state index in [0.717, 1.165) is 18.4 Å². The Morgan fingerprint density at radius 2 is 2.10 bits per heavy atom. The normalized spacial score (nSPS) is 19.0. The van der Waals surface area contributed by atoms with Gasteiger partial charge >= 0.3 is 0 Å². The monoisotopic (exact) mass is 285 g/mol. The minimum atomic E-state index is -0.271. The van der Waals surface area contributed by atoms with Crippen LogP contribution < -0.4 is 5.43 Å². The number of carbonyl (C=O) groups excluding carboxylic acids is 1. The van der Waals surface area contributed by atoms with Crippen LogP contribution in [0.2, 0.25) is 0 Å². The van der Waals surface area contributed by atoms with Gasteiger partial charge in [-0.25, -0.2) is 0 Å². The van der Waals surface area contributed by atoms with Crippen LogP contribution in [0.5, 0.6) is 0 Å². The Bertz CT molecular complexity index is 751. The van der Waals surface area contributed by atoms with Crippen molar-refractivity contribution in [2.45, 2.75) is 19.8 Å². The molecule has 1 aromatic carbocycles. The van der Waals surface area contributed by atoms with Crippen LogP contribution in [0.15, 0.2) is 29.1 Å². The number of amides is 1. The average molecular weight is 285 g/mol. The fourth-order valence-electron chi connectivity index (χ4n) is 2.99. The molecule has 0 unspecified atom stereocenters. The molecule has 1 atom stereocenters. The second-order valence-corrected chi connectivity index (χ2v) is 5.82. The quantitative estimate of drug-likeness (QED) is 0.803. The summed E-state index contributed by atoms with van der Waals surface area (Å²) < 4.78 is 1.61. The van der Waals surface area contributed by atoms with Crippen molar-refractivity contribution in [1.29, 1.82) is 0 Å². The zero-order valence-corrected chi connectivity index (χ0v) is 12.4. The number of hydrogen-bond donors (Lipinski definition) is 0. The highest BCUT2D eigenvalue weighted by molar-refractivity contribution is 5.95. The van der Waals surface area contributed by atoms with Gasteiger partial charge in [0.1, 0.15) is 0 Å². The molecule has 21 heavy (non-hydrogen) atoms. The molecule has 5 nitrogen and oxygen atoms in total. The maximum Gasteiger partial charge on any atom is 0.278 e. The Morgan fingerprint density at radius 1 is 1.33 bits per heavy atom. The van der Waals surface area contributed by atoms with Crippen LogP contribution in [-0.4, -0.2) is 33.7 Å². The van der Waals surface area contributed by atoms with Crippen molar-refractivity contribution in [2.24, 2.45) is 13.0 Å². The van der Waals surface area contributed by atoms with Gasteiger partial charge in [-0.2, -0.15) is 5.10 Å². The smallest absolute Gasteiger partial charge is 0.278 e. The van der Waals surface area contributed by atoms with Gasteiger partial charge in [-0.1, -0.05) is 19.1 Å². The Labute approximate surface area is 123 Å². The lowest BCUT2D eigenvalue weighted by molar-refractivity contribution is 0.0673. The Kier molecular flexibility index (Phi) is 3.49. The van der Waals surface area contributed by atoms with Crippen LogP contribution in [0.1, 0.15) is 30.3 Å². The molecule has 1 amide bonds. The number of fused-ring (bicyclic) bond motifs is 1. The summed E-state index contributed by atoms with van der Waals surface area (Å²) in [5, 5.41) is 4.76. The van der Waals surface area contributed by atoms with Gasteiger partial charge in [0.05, 0.1) is 5.52 Å². The topological polar surface area (TPSA) is 55.2 Å². The molecule has 5 heteroatoms. The Hall–Kier alpha value is -2.17. The van der Waals surface area contributed by atoms with Crippen LogP contribution in [0, 0.1) is 5.92 Å². The van der Waals surface area contributed by atoms with E-state index in [4.69, 9.17) is 0 Å². The van der Waals surface area contributed by atoms with Crippen molar-refractivity contribution in [3.63, 3.8) is 0 Å². The molecule has 1 aromatic heterocycles. The number of likely N-dealkylation sites (tertiary alicyclic amines) is 1. The molecule has 0 bridgehead atoms. The molecule has 2 heterocycles. The number of piperidine rings is 1. The second-order valence-electron chi connectivity index (χ2n) is 5.82. The fraction of sp³-hybridized carbons (Fsp3) is 0.438. The van der Waals surface area contributed by atoms with Crippen LogP contribution in [0.25, 0.3) is 10.9 Å². The summed E-state index contributed by atoms with van der Waals surface area (Å²) in [6.07, 6.45) is 2.12. The number of nitrogens with zero attached hydrogens (tertiary/aromatic N) is 3. The zero-order chi connectivity index (χ0) is 15.0. The second kappa shape index (κ2) is 5.31. The first-order chi connectivity index (χ1) is 10.1. The molecule has 2 aromatic rings. The molecule has 1 saturated heterocycles. The molecule has 0 radical (unpaired) electrons. The van der Waals surface area contributed by atoms with Gasteiger partial charge in [0, 0.05) is 25.5 Å². The molecule has 1 aliphatic rings. The highest BCUT2D eigenvalue weighted by atomic mass is 16.2. The van der Waals surface area contributed by atoms with E-state index >= 15 is 0 Å². The standard InChI is InChI=1S/C16H19N3O2/c1-11-6-5-9-19(10-11)16(21)14-15(20)12-7-3-4-8-13(12)18(2)17-14/h3-4,7-8,11H,5-6,9-10H2,1-2H3/t11-/m0/s1. The lowest BCUT2D eigenvalue weighted by Gasteiger charge is -2.30. The van der Waals surface area contributed by atoms with Gasteiger partial charge in [-0.05, 0) is 30.9 Å². The SMILES string of the molecule is C[C@H]1CCCN(C(=O)c2nn(C)c3ccccc3c2=O)C1. The van der Waals surface area contributed by atoms with Crippen molar-refractivity contribution >= 4 is 16.8 Å². The number of hydrogen-bond acceptors (Lipinski definition) is 3. The van der Waals surface area contributed by atoms with E-state index in [2.05, 4.69) is 12.0 Å². The number of benzene rings is 1. The number of aryl methyl sites for hydroxylation is 1. The van der Waals surface area contributed by atoms with Gasteiger partial charge in [0.25, 0.3) is 5.91 Å². The third-order valence-corrected chi connectivity index (χ3v) is 4.11. The maximum absolute atomic E-state index is 12.6. The van der Waals surface area contributed by atoms with Crippen molar-refractivity contribution in [2.75, 3.05) is 13.1 Å². The van der Waals surface area contributed by atoms with E-state index in [-0.39, 0.29) is 17.0 Å². The van der Waals surface area contributed by atoms with Gasteiger partial charge in [0.2, 0.25) is 5.43 Å². The van der Waals surface area contributed by atoms with Gasteiger partial charge in [-0.15, -0.1) is 0 Å². The number of rotatable bonds is 1. The highest BCUT2D eigenvalue weighted by Crippen LogP contribution is 2.17. The molecule has 0 aliphatic carbocycles. The predicted molar refractivity (Wildman–Crippen MR) is 81.3 cm³/mol. The first kappa shape index (κ1) is 13.8. The summed E-state index contributed by atoms with van der Waals surface area (Å²) >= 11 is 0. The summed E-state index contributed by atoms with van der Waals surface area (Å²) in [7, 11) is 1.76. The minimum Gasteiger partial charge on any atom is -0.337 e. The van der Waals surface area contributed by atoms with Gasteiger partial charge in [-0.3, -0.25) is 14.3 Å². The first-order valence-corrected chi connectivity index (χ1v) is 7.33. The van der Waals surface area contributed by atoms with Crippen molar-refractivity contribution < 1.29 is 4.79 Å². The van der Waals surface area contributed by atoms with E-state index in [1.54, 1.807) is 28.8 Å². The number of carbonyl (C=O) groups is 1. The lowest BCUT2D eigenvalue weighted by atomic mass is 10.00. The lowest BCUT2D eigenvalue weighted by Crippen LogP contribution is -2.42. The van der Waals surface area contributed by atoms with Gasteiger partial charge < -0.3 is 4.90 Å². The Balaban J connectivity index is 2.06. The van der Waals surface area contributed by atoms with E-state index in [1.807, 2.05) is 12.1 Å². The molecular weight excluding hydrogens is 266 g/mol. The maximum atomic E-state index is 12.6. The van der Waals surface area contributed by atoms with Crippen LogP contribution in [0.4, 0.5) is 0 Å². The van der Waals surface area contributed by atoms with Crippen LogP contribution >= 0.6 is 0 Å². The fourth-order valence-corrected chi connectivity index (χ4v) is 2.99. The summed E-state index contributed by atoms with van der Waals surface area (Å²) in [5.41, 5.74) is 0.503. The molecule has 1 fully saturated rings. The van der Waals surface area contributed by atoms with E-state index in [0.29, 0.717) is 24.4 Å². The number of para-hydroxylation sites is 1. The molecular formula is C16H19N3O2. The zero-order valence-electron chi connectivity index (χ0n) is 12.4. The van der Waals surface area contributed by atoms with Crippen LogP contribution in [0.3, 0.4) is 0 Å². The van der Waals surface area contributed by atoms with E-state index in [1.165, 1.54) is 0 Å². The summed E-state index contributed by atoms with van der Waals surface area (Å²) in [6, 6.07) is 7.24. The van der Waals surface area contributed by atoms with E-state index in [9.17, 15) is 9.59 Å². The van der Waals surface area contributed by atoms with E-state index < -0.39 is 0 Å². The van der Waals surface area contributed by atoms with Crippen molar-refractivity contribution in [3.8, 4) is 0 Å². The van der Waals surface area contributed by atoms with Crippen molar-refractivity contribution in [3.05, 3.63) is 40.2 Å². The summed E-state index contributed by atoms with van der Waals surface area (Å²) in [5.74, 6) is 0.236. The average Bonchev–Trinajstić information content (AvgIpc) is 2.50. The van der Waals surface area contributed by atoms with Crippen LogP contribution in [-0.2, 0) is 7.05 Å². The number of aromatic nitrogens is 2. The molecule has 110 valence electrons. The van der Waals surface area contributed by atoms with Crippen molar-refractivity contribution in [1.82, 2.24) is 14.7 Å². The third-order valence-electron chi connectivity index (χ3n) is 4.11. The highest BCUT2D eigenvalue weighted by Gasteiger charge is 2.26. The Morgan fingerprint density at radius 3 is 2.86 bits per heavy atom. The predicted octanol–water partition coefficient (Wildman–Crippen LogP) is 1.81.